The van der Waals surface area contributed by atoms with Gasteiger partial charge in [0.25, 0.3) is 0 Å². The molecule has 0 heterocycles. The molecule has 1 amide bonds. The first kappa shape index (κ1) is 19.3. The predicted molar refractivity (Wildman–Crippen MR) is 99.0 cm³/mol. The molecule has 0 aromatic heterocycles. The van der Waals surface area contributed by atoms with Crippen LogP contribution in [0.1, 0.15) is 36.5 Å². The molecule has 0 atom stereocenters. The van der Waals surface area contributed by atoms with Crippen LogP contribution in [0.15, 0.2) is 48.5 Å². The van der Waals surface area contributed by atoms with Gasteiger partial charge in [-0.05, 0) is 43.2 Å². The zero-order valence-corrected chi connectivity index (χ0v) is 14.7. The number of carbonyl (C=O) groups is 2. The lowest BCUT2D eigenvalue weighted by Crippen LogP contribution is -2.14. The third-order valence-electron chi connectivity index (χ3n) is 3.52. The van der Waals surface area contributed by atoms with Crippen LogP contribution in [-0.2, 0) is 4.79 Å². The van der Waals surface area contributed by atoms with E-state index in [4.69, 9.17) is 14.6 Å². The molecule has 0 saturated heterocycles. The number of aromatic carboxylic acids is 1. The Morgan fingerprint density at radius 1 is 1.04 bits per heavy atom. The van der Waals surface area contributed by atoms with Gasteiger partial charge in [0, 0.05) is 6.42 Å². The van der Waals surface area contributed by atoms with Gasteiger partial charge in [-0.1, -0.05) is 25.1 Å². The van der Waals surface area contributed by atoms with Crippen molar-refractivity contribution in [1.29, 1.82) is 0 Å². The monoisotopic (exact) mass is 357 g/mol. The second-order valence-electron chi connectivity index (χ2n) is 5.68. The molecule has 2 aromatic rings. The molecule has 0 aliphatic rings. The maximum atomic E-state index is 12.2. The van der Waals surface area contributed by atoms with Crippen LogP contribution < -0.4 is 14.8 Å². The van der Waals surface area contributed by atoms with Crippen LogP contribution >= 0.6 is 0 Å². The second-order valence-corrected chi connectivity index (χ2v) is 5.68. The smallest absolute Gasteiger partial charge is 0.335 e. The number of rotatable bonds is 10. The third-order valence-corrected chi connectivity index (χ3v) is 3.52. The molecule has 2 rings (SSSR count). The normalized spacial score (nSPS) is 10.2. The van der Waals surface area contributed by atoms with Crippen molar-refractivity contribution in [3.05, 3.63) is 54.1 Å². The van der Waals surface area contributed by atoms with Gasteiger partial charge in [-0.3, -0.25) is 4.79 Å². The Bertz CT molecular complexity index is 730. The first-order valence-corrected chi connectivity index (χ1v) is 8.58. The third kappa shape index (κ3) is 6.12. The number of carbonyl (C=O) groups excluding carboxylic acids is 1. The van der Waals surface area contributed by atoms with Crippen molar-refractivity contribution >= 4 is 17.6 Å². The number of benzene rings is 2. The molecule has 2 aromatic carbocycles. The van der Waals surface area contributed by atoms with Crippen molar-refractivity contribution in [2.45, 2.75) is 26.2 Å². The molecule has 26 heavy (non-hydrogen) atoms. The molecule has 6 nitrogen and oxygen atoms in total. The van der Waals surface area contributed by atoms with E-state index in [9.17, 15) is 9.59 Å². The molecule has 0 saturated carbocycles. The SMILES string of the molecule is CCCOc1ccc(C(=O)O)cc1NC(=O)CCCOc1ccccc1. The molecule has 0 spiro atoms. The van der Waals surface area contributed by atoms with Crippen molar-refractivity contribution in [2.75, 3.05) is 18.5 Å². The van der Waals surface area contributed by atoms with Gasteiger partial charge < -0.3 is 19.9 Å². The predicted octanol–water partition coefficient (Wildman–Crippen LogP) is 3.97. The van der Waals surface area contributed by atoms with Crippen LogP contribution in [-0.4, -0.2) is 30.2 Å². The van der Waals surface area contributed by atoms with E-state index in [-0.39, 0.29) is 17.9 Å². The Morgan fingerprint density at radius 2 is 1.81 bits per heavy atom. The summed E-state index contributed by atoms with van der Waals surface area (Å²) in [6, 6.07) is 13.8. The molecular formula is C20H23NO5. The van der Waals surface area contributed by atoms with Crippen molar-refractivity contribution in [3.63, 3.8) is 0 Å². The summed E-state index contributed by atoms with van der Waals surface area (Å²) in [7, 11) is 0. The molecule has 2 N–H and O–H groups in total. The van der Waals surface area contributed by atoms with Crippen LogP contribution in [0.25, 0.3) is 0 Å². The average molecular weight is 357 g/mol. The molecule has 0 aliphatic carbocycles. The number of nitrogens with one attached hydrogen (secondary N) is 1. The number of carboxylic acid groups (broad SMARTS) is 1. The highest BCUT2D eigenvalue weighted by Gasteiger charge is 2.12. The summed E-state index contributed by atoms with van der Waals surface area (Å²) in [5.74, 6) is -0.0487. The van der Waals surface area contributed by atoms with Gasteiger partial charge >= 0.3 is 5.97 Å². The number of para-hydroxylation sites is 1. The van der Waals surface area contributed by atoms with Gasteiger partial charge in [0.15, 0.2) is 0 Å². The van der Waals surface area contributed by atoms with Gasteiger partial charge in [0.05, 0.1) is 24.5 Å². The van der Waals surface area contributed by atoms with E-state index >= 15 is 0 Å². The van der Waals surface area contributed by atoms with Crippen LogP contribution in [0.2, 0.25) is 0 Å². The molecule has 138 valence electrons. The minimum atomic E-state index is -1.06. The molecule has 0 fully saturated rings. The topological polar surface area (TPSA) is 84.9 Å². The van der Waals surface area contributed by atoms with Crippen molar-refractivity contribution < 1.29 is 24.2 Å². The second kappa shape index (κ2) is 10.1. The largest absolute Gasteiger partial charge is 0.494 e. The molecule has 6 heteroatoms. The van der Waals surface area contributed by atoms with E-state index in [2.05, 4.69) is 5.32 Å². The van der Waals surface area contributed by atoms with E-state index in [1.165, 1.54) is 12.1 Å². The number of amides is 1. The molecular weight excluding hydrogens is 334 g/mol. The zero-order chi connectivity index (χ0) is 18.8. The van der Waals surface area contributed by atoms with Crippen LogP contribution in [0.3, 0.4) is 0 Å². The maximum absolute atomic E-state index is 12.2. The molecule has 0 unspecified atom stereocenters. The van der Waals surface area contributed by atoms with Gasteiger partial charge in [0.1, 0.15) is 11.5 Å². The lowest BCUT2D eigenvalue weighted by atomic mass is 10.1. The number of ether oxygens (including phenoxy) is 2. The molecule has 0 bridgehead atoms. The minimum Gasteiger partial charge on any atom is -0.494 e. The summed E-state index contributed by atoms with van der Waals surface area (Å²) in [5.41, 5.74) is 0.462. The highest BCUT2D eigenvalue weighted by atomic mass is 16.5. The summed E-state index contributed by atoms with van der Waals surface area (Å²) in [6.07, 6.45) is 1.62. The summed E-state index contributed by atoms with van der Waals surface area (Å²) in [4.78, 5) is 23.3. The fraction of sp³-hybridized carbons (Fsp3) is 0.300. The first-order valence-electron chi connectivity index (χ1n) is 8.58. The lowest BCUT2D eigenvalue weighted by molar-refractivity contribution is -0.116. The highest BCUT2D eigenvalue weighted by Crippen LogP contribution is 2.26. The maximum Gasteiger partial charge on any atom is 0.335 e. The van der Waals surface area contributed by atoms with Crippen LogP contribution in [0, 0.1) is 0 Å². The lowest BCUT2D eigenvalue weighted by Gasteiger charge is -2.13. The Kier molecular flexibility index (Phi) is 7.49. The zero-order valence-electron chi connectivity index (χ0n) is 14.7. The van der Waals surface area contributed by atoms with E-state index in [0.717, 1.165) is 12.2 Å². The van der Waals surface area contributed by atoms with Crippen molar-refractivity contribution in [2.24, 2.45) is 0 Å². The Balaban J connectivity index is 1.89. The van der Waals surface area contributed by atoms with E-state index in [1.54, 1.807) is 6.07 Å². The summed E-state index contributed by atoms with van der Waals surface area (Å²) >= 11 is 0. The fourth-order valence-electron chi connectivity index (χ4n) is 2.25. The van der Waals surface area contributed by atoms with Gasteiger partial charge in [-0.2, -0.15) is 0 Å². The molecule has 0 aliphatic heterocycles. The van der Waals surface area contributed by atoms with Crippen LogP contribution in [0.4, 0.5) is 5.69 Å². The van der Waals surface area contributed by atoms with E-state index in [1.807, 2.05) is 37.3 Å². The summed E-state index contributed by atoms with van der Waals surface area (Å²) < 4.78 is 11.1. The van der Waals surface area contributed by atoms with E-state index in [0.29, 0.717) is 31.1 Å². The standard InChI is InChI=1S/C20H23NO5/c1-2-12-26-18-11-10-15(20(23)24)14-17(18)21-19(22)9-6-13-25-16-7-4-3-5-8-16/h3-5,7-8,10-11,14H,2,6,9,12-13H2,1H3,(H,21,22)(H,23,24). The van der Waals surface area contributed by atoms with Crippen molar-refractivity contribution in [1.82, 2.24) is 0 Å². The van der Waals surface area contributed by atoms with Gasteiger partial charge in [-0.25, -0.2) is 4.79 Å². The Hall–Kier alpha value is -3.02. The highest BCUT2D eigenvalue weighted by molar-refractivity contribution is 5.95. The Morgan fingerprint density at radius 3 is 2.50 bits per heavy atom. The number of hydrogen-bond acceptors (Lipinski definition) is 4. The summed E-state index contributed by atoms with van der Waals surface area (Å²) in [6.45, 7) is 2.88. The summed E-state index contributed by atoms with van der Waals surface area (Å²) in [5, 5.41) is 11.9. The number of carboxylic acids is 1. The van der Waals surface area contributed by atoms with Gasteiger partial charge in [0.2, 0.25) is 5.91 Å². The van der Waals surface area contributed by atoms with E-state index < -0.39 is 5.97 Å². The fourth-order valence-corrected chi connectivity index (χ4v) is 2.25. The Labute approximate surface area is 152 Å². The van der Waals surface area contributed by atoms with Gasteiger partial charge in [-0.15, -0.1) is 0 Å². The van der Waals surface area contributed by atoms with Crippen LogP contribution in [0.5, 0.6) is 11.5 Å². The average Bonchev–Trinajstić information content (AvgIpc) is 2.65. The number of hydrogen-bond donors (Lipinski definition) is 2. The first-order chi connectivity index (χ1) is 12.6. The quantitative estimate of drug-likeness (QED) is 0.629. The van der Waals surface area contributed by atoms with Crippen molar-refractivity contribution in [3.8, 4) is 11.5 Å². The number of anilines is 1. The minimum absolute atomic E-state index is 0.0940. The molecule has 0 radical (unpaired) electrons.